The minimum Gasteiger partial charge on any atom is -0.487 e. The fourth-order valence-corrected chi connectivity index (χ4v) is 2.24. The first-order valence-electron chi connectivity index (χ1n) is 6.60. The summed E-state index contributed by atoms with van der Waals surface area (Å²) < 4.78 is 10.8. The molecule has 1 aliphatic rings. The molecule has 0 saturated carbocycles. The van der Waals surface area contributed by atoms with Crippen molar-refractivity contribution < 1.29 is 14.3 Å². The zero-order chi connectivity index (χ0) is 15.4. The molecule has 0 spiro atoms. The van der Waals surface area contributed by atoms with E-state index in [0.717, 1.165) is 0 Å². The van der Waals surface area contributed by atoms with Gasteiger partial charge in [-0.05, 0) is 19.4 Å². The average Bonchev–Trinajstić information content (AvgIpc) is 2.57. The van der Waals surface area contributed by atoms with Crippen molar-refractivity contribution in [3.63, 3.8) is 0 Å². The van der Waals surface area contributed by atoms with Crippen LogP contribution < -0.4 is 5.73 Å². The normalized spacial score (nSPS) is 18.9. The van der Waals surface area contributed by atoms with E-state index in [9.17, 15) is 10.1 Å². The fourth-order valence-electron chi connectivity index (χ4n) is 2.24. The van der Waals surface area contributed by atoms with Crippen molar-refractivity contribution in [1.29, 1.82) is 5.26 Å². The first-order valence-corrected chi connectivity index (χ1v) is 6.60. The lowest BCUT2D eigenvalue weighted by Gasteiger charge is -2.15. The van der Waals surface area contributed by atoms with Crippen molar-refractivity contribution in [1.82, 2.24) is 0 Å². The van der Waals surface area contributed by atoms with Crippen LogP contribution in [0.2, 0.25) is 0 Å². The third kappa shape index (κ3) is 2.75. The van der Waals surface area contributed by atoms with Crippen molar-refractivity contribution >= 4 is 5.78 Å². The molecular weight excluding hydrogens is 268 g/mol. The molecule has 0 radical (unpaired) electrons. The highest BCUT2D eigenvalue weighted by Gasteiger charge is 2.35. The topological polar surface area (TPSA) is 85.3 Å². The smallest absolute Gasteiger partial charge is 0.213 e. The third-order valence-electron chi connectivity index (χ3n) is 3.16. The largest absolute Gasteiger partial charge is 0.487 e. The van der Waals surface area contributed by atoms with Crippen LogP contribution in [0.15, 0.2) is 53.3 Å². The molecule has 1 atom stereocenters. The predicted molar refractivity (Wildman–Crippen MR) is 76.4 cm³/mol. The van der Waals surface area contributed by atoms with Crippen LogP contribution in [0.25, 0.3) is 0 Å². The Morgan fingerprint density at radius 3 is 2.62 bits per heavy atom. The van der Waals surface area contributed by atoms with Crippen LogP contribution in [0.4, 0.5) is 0 Å². The number of rotatable bonds is 3. The molecular formula is C16H16N2O3. The molecule has 2 rings (SSSR count). The van der Waals surface area contributed by atoms with E-state index in [1.807, 2.05) is 12.1 Å². The molecule has 0 aromatic heterocycles. The van der Waals surface area contributed by atoms with Gasteiger partial charge in [0.2, 0.25) is 17.4 Å². The highest BCUT2D eigenvalue weighted by molar-refractivity contribution is 6.02. The van der Waals surface area contributed by atoms with E-state index in [1.54, 1.807) is 38.1 Å². The summed E-state index contributed by atoms with van der Waals surface area (Å²) in [5, 5.41) is 9.36. The third-order valence-corrected chi connectivity index (χ3v) is 3.16. The summed E-state index contributed by atoms with van der Waals surface area (Å²) in [4.78, 5) is 12.8. The minimum atomic E-state index is -0.810. The summed E-state index contributed by atoms with van der Waals surface area (Å²) in [6.07, 6.45) is 0. The molecule has 0 saturated heterocycles. The first-order chi connectivity index (χ1) is 10.1. The van der Waals surface area contributed by atoms with Gasteiger partial charge in [0.15, 0.2) is 0 Å². The Kier molecular flexibility index (Phi) is 4.29. The number of hydrogen-bond acceptors (Lipinski definition) is 5. The van der Waals surface area contributed by atoms with Gasteiger partial charge in [0.1, 0.15) is 17.4 Å². The lowest BCUT2D eigenvalue weighted by molar-refractivity contribution is -0.119. The van der Waals surface area contributed by atoms with Crippen molar-refractivity contribution in [2.45, 2.75) is 19.8 Å². The minimum absolute atomic E-state index is 0.0630. The Balaban J connectivity index is 2.60. The number of nitriles is 1. The standard InChI is InChI=1S/C16H16N2O3/c1-3-20-15-10(2)21-16(18)12(9-17)13(14(15)19)11-7-5-4-6-8-11/h4-8,13H,3,18H2,1-2H3. The Bertz CT molecular complexity index is 654. The summed E-state index contributed by atoms with van der Waals surface area (Å²) in [5.74, 6) is -0.815. The van der Waals surface area contributed by atoms with Gasteiger partial charge < -0.3 is 15.2 Å². The number of ketones is 1. The molecule has 0 amide bonds. The number of benzene rings is 1. The second kappa shape index (κ2) is 6.14. The number of ether oxygens (including phenoxy) is 2. The molecule has 0 aliphatic carbocycles. The lowest BCUT2D eigenvalue weighted by atomic mass is 9.87. The van der Waals surface area contributed by atoms with E-state index in [4.69, 9.17) is 15.2 Å². The first kappa shape index (κ1) is 14.7. The van der Waals surface area contributed by atoms with Crippen LogP contribution in [-0.4, -0.2) is 12.4 Å². The molecule has 1 aliphatic heterocycles. The second-order valence-corrected chi connectivity index (χ2v) is 4.52. The van der Waals surface area contributed by atoms with E-state index in [1.165, 1.54) is 0 Å². The maximum Gasteiger partial charge on any atom is 0.213 e. The SMILES string of the molecule is CCOC1=C(C)OC(N)=C(C#N)C(c2ccccc2)C1=O. The molecule has 1 heterocycles. The van der Waals surface area contributed by atoms with Crippen LogP contribution >= 0.6 is 0 Å². The van der Waals surface area contributed by atoms with Gasteiger partial charge >= 0.3 is 0 Å². The number of nitrogens with two attached hydrogens (primary N) is 1. The number of hydrogen-bond donors (Lipinski definition) is 1. The van der Waals surface area contributed by atoms with Gasteiger partial charge in [-0.15, -0.1) is 0 Å². The highest BCUT2D eigenvalue weighted by atomic mass is 16.5. The lowest BCUT2D eigenvalue weighted by Crippen LogP contribution is -2.19. The number of carbonyl (C=O) groups is 1. The molecule has 0 bridgehead atoms. The highest BCUT2D eigenvalue weighted by Crippen LogP contribution is 2.33. The molecule has 108 valence electrons. The second-order valence-electron chi connectivity index (χ2n) is 4.52. The molecule has 1 aromatic carbocycles. The number of Topliss-reactive ketones (excluding diaryl/α,β-unsaturated/α-hetero) is 1. The quantitative estimate of drug-likeness (QED) is 0.920. The Morgan fingerprint density at radius 1 is 1.38 bits per heavy atom. The molecule has 1 unspecified atom stereocenters. The van der Waals surface area contributed by atoms with Gasteiger partial charge in [-0.2, -0.15) is 5.26 Å². The molecule has 2 N–H and O–H groups in total. The summed E-state index contributed by atoms with van der Waals surface area (Å²) in [7, 11) is 0. The van der Waals surface area contributed by atoms with Crippen molar-refractivity contribution in [3.8, 4) is 6.07 Å². The average molecular weight is 284 g/mol. The van der Waals surface area contributed by atoms with Gasteiger partial charge in [0.05, 0.1) is 12.5 Å². The number of carbonyl (C=O) groups excluding carboxylic acids is 1. The predicted octanol–water partition coefficient (Wildman–Crippen LogP) is 2.33. The van der Waals surface area contributed by atoms with Crippen molar-refractivity contribution in [2.24, 2.45) is 5.73 Å². The summed E-state index contributed by atoms with van der Waals surface area (Å²) >= 11 is 0. The van der Waals surface area contributed by atoms with Crippen molar-refractivity contribution in [3.05, 3.63) is 58.9 Å². The molecule has 0 fully saturated rings. The van der Waals surface area contributed by atoms with Crippen LogP contribution in [-0.2, 0) is 14.3 Å². The van der Waals surface area contributed by atoms with Gasteiger partial charge in [0, 0.05) is 0 Å². The summed E-state index contributed by atoms with van der Waals surface area (Å²) in [5.41, 5.74) is 6.60. The summed E-state index contributed by atoms with van der Waals surface area (Å²) in [6, 6.07) is 11.0. The molecule has 21 heavy (non-hydrogen) atoms. The van der Waals surface area contributed by atoms with E-state index < -0.39 is 5.92 Å². The van der Waals surface area contributed by atoms with E-state index in [2.05, 4.69) is 0 Å². The fraction of sp³-hybridized carbons (Fsp3) is 0.250. The van der Waals surface area contributed by atoms with E-state index in [-0.39, 0.29) is 28.8 Å². The zero-order valence-electron chi connectivity index (χ0n) is 11.9. The van der Waals surface area contributed by atoms with Crippen LogP contribution in [0.1, 0.15) is 25.3 Å². The number of allylic oxidation sites excluding steroid dienone is 3. The van der Waals surface area contributed by atoms with E-state index in [0.29, 0.717) is 12.2 Å². The molecule has 1 aromatic rings. The van der Waals surface area contributed by atoms with Crippen LogP contribution in [0.5, 0.6) is 0 Å². The maximum absolute atomic E-state index is 12.8. The Labute approximate surface area is 123 Å². The summed E-state index contributed by atoms with van der Waals surface area (Å²) in [6.45, 7) is 3.70. The van der Waals surface area contributed by atoms with Gasteiger partial charge in [0.25, 0.3) is 0 Å². The van der Waals surface area contributed by atoms with Crippen molar-refractivity contribution in [2.75, 3.05) is 6.61 Å². The van der Waals surface area contributed by atoms with Gasteiger partial charge in [-0.1, -0.05) is 30.3 Å². The number of nitrogens with zero attached hydrogens (tertiary/aromatic N) is 1. The van der Waals surface area contributed by atoms with E-state index >= 15 is 0 Å². The van der Waals surface area contributed by atoms with Gasteiger partial charge in [-0.3, -0.25) is 4.79 Å². The maximum atomic E-state index is 12.8. The Morgan fingerprint density at radius 2 is 2.05 bits per heavy atom. The Hall–Kier alpha value is -2.74. The molecule has 5 heteroatoms. The van der Waals surface area contributed by atoms with Crippen LogP contribution in [0, 0.1) is 11.3 Å². The van der Waals surface area contributed by atoms with Gasteiger partial charge in [-0.25, -0.2) is 0 Å². The molecule has 5 nitrogen and oxygen atoms in total. The monoisotopic (exact) mass is 284 g/mol. The van der Waals surface area contributed by atoms with Crippen LogP contribution in [0.3, 0.4) is 0 Å². The zero-order valence-corrected chi connectivity index (χ0v) is 11.9.